The summed E-state index contributed by atoms with van der Waals surface area (Å²) in [4.78, 5) is 20.4. The van der Waals surface area contributed by atoms with Gasteiger partial charge in [0.1, 0.15) is 5.71 Å². The first-order valence-corrected chi connectivity index (χ1v) is 15.4. The van der Waals surface area contributed by atoms with Gasteiger partial charge < -0.3 is 0 Å². The minimum atomic E-state index is -0.0813. The smallest absolute Gasteiger partial charge is 0.271 e. The lowest BCUT2D eigenvalue weighted by Gasteiger charge is -2.11. The predicted octanol–water partition coefficient (Wildman–Crippen LogP) is 8.02. The monoisotopic (exact) mass is 591 g/mol. The first-order valence-electron chi connectivity index (χ1n) is 15.4. The molecule has 7 aromatic rings. The number of allylic oxidation sites excluding steroid dienone is 2. The number of aliphatic imine (C=N–C) groups is 1. The van der Waals surface area contributed by atoms with Gasteiger partial charge in [-0.15, -0.1) is 0 Å². The Bertz CT molecular complexity index is 2340. The van der Waals surface area contributed by atoms with Crippen molar-refractivity contribution >= 4 is 33.2 Å². The summed E-state index contributed by atoms with van der Waals surface area (Å²) in [6.45, 7) is 0. The minimum Gasteiger partial charge on any atom is -0.278 e. The average molecular weight is 592 g/mol. The van der Waals surface area contributed by atoms with Crippen molar-refractivity contribution in [2.75, 3.05) is 0 Å². The van der Waals surface area contributed by atoms with Crippen LogP contribution >= 0.6 is 0 Å². The number of nitrogens with zero attached hydrogens (tertiary/aromatic N) is 6. The van der Waals surface area contributed by atoms with Gasteiger partial charge in [0, 0.05) is 45.2 Å². The second kappa shape index (κ2) is 10.7. The Morgan fingerprint density at radius 3 is 1.83 bits per heavy atom. The summed E-state index contributed by atoms with van der Waals surface area (Å²) in [7, 11) is 0. The van der Waals surface area contributed by atoms with Crippen LogP contribution in [-0.4, -0.2) is 41.7 Å². The van der Waals surface area contributed by atoms with Gasteiger partial charge in [-0.05, 0) is 24.3 Å². The zero-order chi connectivity index (χ0) is 30.5. The third-order valence-electron chi connectivity index (χ3n) is 8.55. The Balaban J connectivity index is 1.30. The Morgan fingerprint density at radius 2 is 1.13 bits per heavy atom. The molecule has 0 spiro atoms. The van der Waals surface area contributed by atoms with Gasteiger partial charge in [-0.2, -0.15) is 14.5 Å². The van der Waals surface area contributed by atoms with Crippen molar-refractivity contribution in [3.63, 3.8) is 0 Å². The molecule has 9 rings (SSSR count). The molecule has 0 saturated carbocycles. The van der Waals surface area contributed by atoms with Crippen molar-refractivity contribution in [2.45, 2.75) is 6.17 Å². The number of aromatic nitrogens is 4. The number of benzene rings is 5. The molecule has 216 valence electrons. The molecule has 2 aliphatic rings. The molecule has 6 heteroatoms. The predicted molar refractivity (Wildman–Crippen MR) is 184 cm³/mol. The van der Waals surface area contributed by atoms with Crippen LogP contribution in [0.4, 0.5) is 0 Å². The molecule has 0 bridgehead atoms. The number of para-hydroxylation sites is 1. The third kappa shape index (κ3) is 4.31. The van der Waals surface area contributed by atoms with Gasteiger partial charge in [-0.3, -0.25) is 4.57 Å². The van der Waals surface area contributed by atoms with E-state index in [2.05, 4.69) is 100 Å². The fourth-order valence-electron chi connectivity index (χ4n) is 6.44. The second-order valence-electron chi connectivity index (χ2n) is 11.3. The van der Waals surface area contributed by atoms with Gasteiger partial charge >= 0.3 is 0 Å². The molecule has 0 N–H and O–H groups in total. The summed E-state index contributed by atoms with van der Waals surface area (Å²) in [5, 5.41) is 2.26. The van der Waals surface area contributed by atoms with Crippen molar-refractivity contribution in [1.29, 1.82) is 0 Å². The summed E-state index contributed by atoms with van der Waals surface area (Å²) in [5.74, 6) is 1.82. The number of hydrogen-bond acceptors (Lipinski definition) is 4. The standard InChI is InChI=1S/C40H27N6/c1-4-14-27(15-5-1)37-36(41-35-22-12-13-25-45(35)37)30-23-24-32-31-20-10-11-21-33(31)46(34(32)26-30)40-43-38(28-16-6-2-7-17-28)42-39(44-40)29-18-8-3-9-19-29/h1-26,35H/q+1. The van der Waals surface area contributed by atoms with Crippen LogP contribution in [0.1, 0.15) is 11.1 Å². The molecule has 46 heavy (non-hydrogen) atoms. The van der Waals surface area contributed by atoms with Crippen LogP contribution in [0.3, 0.4) is 0 Å². The van der Waals surface area contributed by atoms with E-state index < -0.39 is 0 Å². The summed E-state index contributed by atoms with van der Waals surface area (Å²) >= 11 is 0. The fraction of sp³-hybridized carbons (Fsp3) is 0.0250. The van der Waals surface area contributed by atoms with Crippen molar-refractivity contribution < 1.29 is 4.58 Å². The Labute approximate surface area is 265 Å². The van der Waals surface area contributed by atoms with Crippen LogP contribution in [0.25, 0.3) is 50.5 Å². The first-order chi connectivity index (χ1) is 22.8. The summed E-state index contributed by atoms with van der Waals surface area (Å²) in [6.07, 6.45) is 8.29. The van der Waals surface area contributed by atoms with Crippen LogP contribution in [0.5, 0.6) is 0 Å². The molecule has 1 atom stereocenters. The lowest BCUT2D eigenvalue weighted by Crippen LogP contribution is -2.24. The van der Waals surface area contributed by atoms with E-state index in [9.17, 15) is 0 Å². The maximum Gasteiger partial charge on any atom is 0.271 e. The molecule has 4 heterocycles. The lowest BCUT2D eigenvalue weighted by molar-refractivity contribution is -0.480. The lowest BCUT2D eigenvalue weighted by atomic mass is 9.98. The van der Waals surface area contributed by atoms with E-state index in [0.29, 0.717) is 17.6 Å². The molecule has 6 nitrogen and oxygen atoms in total. The molecule has 0 amide bonds. The normalized spacial score (nSPS) is 15.5. The van der Waals surface area contributed by atoms with E-state index in [1.807, 2.05) is 66.7 Å². The number of rotatable bonds is 5. The van der Waals surface area contributed by atoms with Crippen LogP contribution in [-0.2, 0) is 0 Å². The van der Waals surface area contributed by atoms with E-state index >= 15 is 0 Å². The van der Waals surface area contributed by atoms with Gasteiger partial charge in [0.2, 0.25) is 11.7 Å². The maximum absolute atomic E-state index is 5.23. The second-order valence-corrected chi connectivity index (χ2v) is 11.3. The fourth-order valence-corrected chi connectivity index (χ4v) is 6.44. The largest absolute Gasteiger partial charge is 0.278 e. The first kappa shape index (κ1) is 26.2. The topological polar surface area (TPSA) is 59.0 Å². The average Bonchev–Trinajstić information content (AvgIpc) is 3.68. The zero-order valence-corrected chi connectivity index (χ0v) is 24.8. The molecule has 2 aliphatic heterocycles. The molecule has 0 fully saturated rings. The molecule has 5 aromatic carbocycles. The Morgan fingerprint density at radius 1 is 0.522 bits per heavy atom. The quantitative estimate of drug-likeness (QED) is 0.191. The highest BCUT2D eigenvalue weighted by atomic mass is 15.2. The van der Waals surface area contributed by atoms with E-state index in [1.54, 1.807) is 0 Å². The van der Waals surface area contributed by atoms with Crippen molar-refractivity contribution in [2.24, 2.45) is 4.99 Å². The van der Waals surface area contributed by atoms with Gasteiger partial charge in [0.15, 0.2) is 17.8 Å². The summed E-state index contributed by atoms with van der Waals surface area (Å²) < 4.78 is 4.41. The van der Waals surface area contributed by atoms with Gasteiger partial charge in [0.25, 0.3) is 6.17 Å². The van der Waals surface area contributed by atoms with E-state index in [-0.39, 0.29) is 6.17 Å². The van der Waals surface area contributed by atoms with Gasteiger partial charge in [0.05, 0.1) is 11.0 Å². The zero-order valence-electron chi connectivity index (χ0n) is 24.8. The summed E-state index contributed by atoms with van der Waals surface area (Å²) in [5.41, 5.74) is 8.11. The third-order valence-corrected chi connectivity index (χ3v) is 8.55. The highest BCUT2D eigenvalue weighted by molar-refractivity contribution is 6.52. The van der Waals surface area contributed by atoms with E-state index in [1.165, 1.54) is 0 Å². The van der Waals surface area contributed by atoms with Gasteiger partial charge in [-0.25, -0.2) is 9.98 Å². The number of fused-ring (bicyclic) bond motifs is 4. The molecule has 0 aliphatic carbocycles. The van der Waals surface area contributed by atoms with Gasteiger partial charge in [-0.1, -0.05) is 115 Å². The molecular weight excluding hydrogens is 564 g/mol. The van der Waals surface area contributed by atoms with Crippen molar-refractivity contribution in [3.8, 4) is 28.7 Å². The molecule has 0 radical (unpaired) electrons. The maximum atomic E-state index is 5.23. The minimum absolute atomic E-state index is 0.0813. The molecule has 0 saturated heterocycles. The summed E-state index contributed by atoms with van der Waals surface area (Å²) in [6, 6.07) is 45.7. The van der Waals surface area contributed by atoms with E-state index in [4.69, 9.17) is 19.9 Å². The van der Waals surface area contributed by atoms with Crippen LogP contribution < -0.4 is 0 Å². The Hall–Kier alpha value is -6.27. The molecule has 2 aromatic heterocycles. The van der Waals surface area contributed by atoms with Crippen molar-refractivity contribution in [3.05, 3.63) is 169 Å². The highest BCUT2D eigenvalue weighted by Gasteiger charge is 2.36. The van der Waals surface area contributed by atoms with Crippen LogP contribution in [0, 0.1) is 0 Å². The number of hydrogen-bond donors (Lipinski definition) is 0. The van der Waals surface area contributed by atoms with Crippen LogP contribution in [0.2, 0.25) is 0 Å². The molecular formula is C40H27N6+. The Kier molecular flexibility index (Phi) is 6.09. The molecule has 1 unspecified atom stereocenters. The van der Waals surface area contributed by atoms with Crippen LogP contribution in [0.15, 0.2) is 163 Å². The van der Waals surface area contributed by atoms with Crippen molar-refractivity contribution in [1.82, 2.24) is 19.5 Å². The SMILES string of the molecule is C1=CC2N=C(c3ccc4c5ccccc5n(-c5nc(-c6ccccc6)nc(-c6ccccc6)n5)c4c3)C(c3ccccc3)=[N+]2C=C1. The highest BCUT2D eigenvalue weighted by Crippen LogP contribution is 2.34. The van der Waals surface area contributed by atoms with E-state index in [0.717, 1.165) is 55.5 Å².